The van der Waals surface area contributed by atoms with Crippen LogP contribution in [-0.2, 0) is 10.5 Å². The van der Waals surface area contributed by atoms with Gasteiger partial charge in [0.15, 0.2) is 5.72 Å². The third-order valence-corrected chi connectivity index (χ3v) is 3.14. The fourth-order valence-electron chi connectivity index (χ4n) is 2.10. The molecule has 1 fully saturated rings. The molecule has 0 radical (unpaired) electrons. The van der Waals surface area contributed by atoms with Crippen molar-refractivity contribution in [2.24, 2.45) is 0 Å². The lowest BCUT2D eigenvalue weighted by Gasteiger charge is -2.31. The lowest BCUT2D eigenvalue weighted by atomic mass is 10.0. The highest BCUT2D eigenvalue weighted by molar-refractivity contribution is 5.20. The summed E-state index contributed by atoms with van der Waals surface area (Å²) in [6.45, 7) is 1.04. The number of nitrogens with zero attached hydrogens (tertiary/aromatic N) is 2. The van der Waals surface area contributed by atoms with Gasteiger partial charge in [-0.2, -0.15) is 4.98 Å². The van der Waals surface area contributed by atoms with E-state index >= 15 is 0 Å². The number of aliphatic hydroxyl groups excluding tert-OH is 3. The molecule has 0 unspecified atom stereocenters. The largest absolute Gasteiger partial charge is 0.394 e. The van der Waals surface area contributed by atoms with E-state index in [1.54, 1.807) is 0 Å². The van der Waals surface area contributed by atoms with E-state index < -0.39 is 36.2 Å². The quantitative estimate of drug-likeness (QED) is 0.465. The van der Waals surface area contributed by atoms with Gasteiger partial charge in [0.1, 0.15) is 18.3 Å². The maximum absolute atomic E-state index is 11.0. The Kier molecular flexibility index (Phi) is 3.11. The molecule has 0 aromatic carbocycles. The summed E-state index contributed by atoms with van der Waals surface area (Å²) in [7, 11) is 0. The summed E-state index contributed by atoms with van der Waals surface area (Å²) >= 11 is 0. The molecule has 8 heteroatoms. The maximum atomic E-state index is 11.0. The van der Waals surface area contributed by atoms with Crippen molar-refractivity contribution in [3.8, 4) is 0 Å². The molecule has 0 amide bonds. The molecule has 100 valence electrons. The lowest BCUT2D eigenvalue weighted by Crippen LogP contribution is -2.44. The Morgan fingerprint density at radius 1 is 1.61 bits per heavy atom. The second-order valence-corrected chi connectivity index (χ2v) is 4.32. The molecule has 0 bridgehead atoms. The van der Waals surface area contributed by atoms with Crippen molar-refractivity contribution in [3.63, 3.8) is 0 Å². The molecule has 1 saturated heterocycles. The van der Waals surface area contributed by atoms with Crippen LogP contribution >= 0.6 is 0 Å². The Balaban J connectivity index is 2.45. The first-order valence-corrected chi connectivity index (χ1v) is 5.40. The first-order chi connectivity index (χ1) is 8.40. The fourth-order valence-corrected chi connectivity index (χ4v) is 2.10. The van der Waals surface area contributed by atoms with E-state index in [-0.39, 0.29) is 5.95 Å². The van der Waals surface area contributed by atoms with Gasteiger partial charge in [0.25, 0.3) is 5.56 Å². The number of ether oxygens (including phenoxy) is 1. The average molecular weight is 257 g/mol. The van der Waals surface area contributed by atoms with Crippen molar-refractivity contribution in [1.82, 2.24) is 9.55 Å². The first-order valence-electron chi connectivity index (χ1n) is 5.40. The highest BCUT2D eigenvalue weighted by Crippen LogP contribution is 2.35. The maximum Gasteiger partial charge on any atom is 0.274 e. The van der Waals surface area contributed by atoms with E-state index in [4.69, 9.17) is 15.6 Å². The number of hydrogen-bond acceptors (Lipinski definition) is 7. The molecule has 1 aliphatic heterocycles. The van der Waals surface area contributed by atoms with Crippen LogP contribution in [0, 0.1) is 0 Å². The van der Waals surface area contributed by atoms with E-state index in [2.05, 4.69) is 4.98 Å². The van der Waals surface area contributed by atoms with Gasteiger partial charge in [0.05, 0.1) is 6.61 Å². The van der Waals surface area contributed by atoms with E-state index in [0.29, 0.717) is 0 Å². The van der Waals surface area contributed by atoms with Gasteiger partial charge in [-0.3, -0.25) is 9.36 Å². The Bertz CT molecular complexity index is 505. The summed E-state index contributed by atoms with van der Waals surface area (Å²) in [5.41, 5.74) is 3.69. The number of rotatable bonds is 2. The third-order valence-electron chi connectivity index (χ3n) is 3.14. The molecule has 0 spiro atoms. The Labute approximate surface area is 102 Å². The third kappa shape index (κ3) is 1.79. The number of aromatic nitrogens is 2. The molecule has 0 saturated carbocycles. The van der Waals surface area contributed by atoms with Crippen molar-refractivity contribution < 1.29 is 20.1 Å². The number of nitrogen functional groups attached to an aromatic ring is 1. The highest BCUT2D eigenvalue weighted by atomic mass is 16.6. The summed E-state index contributed by atoms with van der Waals surface area (Å²) in [5, 5.41) is 28.8. The monoisotopic (exact) mass is 257 g/mol. The SMILES string of the molecule is C[C@@]1(n2ccc(=O)nc2N)O[C@H](CO)[C@@H](O)[C@H]1O. The molecule has 5 N–H and O–H groups in total. The second-order valence-electron chi connectivity index (χ2n) is 4.32. The minimum Gasteiger partial charge on any atom is -0.394 e. The van der Waals surface area contributed by atoms with E-state index in [1.165, 1.54) is 17.7 Å². The molecule has 2 rings (SSSR count). The molecule has 1 aliphatic rings. The van der Waals surface area contributed by atoms with Crippen molar-refractivity contribution in [2.75, 3.05) is 12.3 Å². The predicted octanol–water partition coefficient (Wildman–Crippen LogP) is -2.39. The second kappa shape index (κ2) is 4.32. The molecule has 1 aromatic heterocycles. The first kappa shape index (κ1) is 13.0. The van der Waals surface area contributed by atoms with Crippen LogP contribution in [0.1, 0.15) is 6.92 Å². The van der Waals surface area contributed by atoms with Gasteiger partial charge >= 0.3 is 0 Å². The molecule has 4 atom stereocenters. The summed E-state index contributed by atoms with van der Waals surface area (Å²) in [4.78, 5) is 14.6. The van der Waals surface area contributed by atoms with Crippen LogP contribution in [0.3, 0.4) is 0 Å². The highest BCUT2D eigenvalue weighted by Gasteiger charge is 2.52. The van der Waals surface area contributed by atoms with Crippen molar-refractivity contribution in [2.45, 2.75) is 31.0 Å². The van der Waals surface area contributed by atoms with Crippen molar-refractivity contribution in [1.29, 1.82) is 0 Å². The summed E-state index contributed by atoms with van der Waals surface area (Å²) in [6.07, 6.45) is -2.16. The Morgan fingerprint density at radius 3 is 2.78 bits per heavy atom. The normalized spacial score (nSPS) is 35.9. The van der Waals surface area contributed by atoms with Gasteiger partial charge in [-0.05, 0) is 6.92 Å². The van der Waals surface area contributed by atoms with Crippen molar-refractivity contribution in [3.05, 3.63) is 22.6 Å². The van der Waals surface area contributed by atoms with E-state index in [9.17, 15) is 15.0 Å². The molecule has 18 heavy (non-hydrogen) atoms. The zero-order valence-corrected chi connectivity index (χ0v) is 9.72. The topological polar surface area (TPSA) is 131 Å². The van der Waals surface area contributed by atoms with E-state index in [0.717, 1.165) is 6.07 Å². The molecule has 1 aromatic rings. The van der Waals surface area contributed by atoms with Crippen LogP contribution in [-0.4, -0.2) is 49.8 Å². The minimum absolute atomic E-state index is 0.144. The molecule has 2 heterocycles. The van der Waals surface area contributed by atoms with Gasteiger partial charge in [-0.1, -0.05) is 0 Å². The summed E-state index contributed by atoms with van der Waals surface area (Å²) < 4.78 is 6.67. The lowest BCUT2D eigenvalue weighted by molar-refractivity contribution is -0.133. The summed E-state index contributed by atoms with van der Waals surface area (Å²) in [5.74, 6) is -0.144. The zero-order chi connectivity index (χ0) is 13.5. The van der Waals surface area contributed by atoms with Crippen LogP contribution in [0.25, 0.3) is 0 Å². The Morgan fingerprint density at radius 2 is 2.28 bits per heavy atom. The standard InChI is InChI=1S/C10H15N3O5/c1-10(8(17)7(16)5(4-14)18-10)13-3-2-6(15)12-9(13)11/h2-3,5,7-8,14,16-17H,4H2,1H3,(H2,11,12,15)/t5-,7-,8-,10-/m1/s1. The molecular formula is C10H15N3O5. The molecule has 8 nitrogen and oxygen atoms in total. The zero-order valence-electron chi connectivity index (χ0n) is 9.72. The van der Waals surface area contributed by atoms with Gasteiger partial charge in [0, 0.05) is 12.3 Å². The number of hydrogen-bond donors (Lipinski definition) is 4. The van der Waals surface area contributed by atoms with Crippen LogP contribution in [0.15, 0.2) is 17.1 Å². The minimum atomic E-state index is -1.39. The van der Waals surface area contributed by atoms with Gasteiger partial charge in [0.2, 0.25) is 5.95 Å². The summed E-state index contributed by atoms with van der Waals surface area (Å²) in [6, 6.07) is 1.16. The smallest absolute Gasteiger partial charge is 0.274 e. The van der Waals surface area contributed by atoms with Crippen LogP contribution < -0.4 is 11.3 Å². The predicted molar refractivity (Wildman–Crippen MR) is 60.5 cm³/mol. The Hall–Kier alpha value is -1.48. The van der Waals surface area contributed by atoms with Gasteiger partial charge in [-0.25, -0.2) is 0 Å². The van der Waals surface area contributed by atoms with E-state index in [1.807, 2.05) is 0 Å². The number of anilines is 1. The van der Waals surface area contributed by atoms with Crippen LogP contribution in [0.4, 0.5) is 5.95 Å². The molecular weight excluding hydrogens is 242 g/mol. The van der Waals surface area contributed by atoms with Gasteiger partial charge < -0.3 is 25.8 Å². The van der Waals surface area contributed by atoms with Crippen molar-refractivity contribution >= 4 is 5.95 Å². The van der Waals surface area contributed by atoms with Gasteiger partial charge in [-0.15, -0.1) is 0 Å². The van der Waals surface area contributed by atoms with Crippen LogP contribution in [0.5, 0.6) is 0 Å². The van der Waals surface area contributed by atoms with Crippen LogP contribution in [0.2, 0.25) is 0 Å². The average Bonchev–Trinajstić information content (AvgIpc) is 2.54. The fraction of sp³-hybridized carbons (Fsp3) is 0.600. The number of aliphatic hydroxyl groups is 3. The number of nitrogens with two attached hydrogens (primary N) is 1. The molecule has 0 aliphatic carbocycles.